The van der Waals surface area contributed by atoms with Crippen LogP contribution in [0.1, 0.15) is 32.0 Å². The minimum Gasteiger partial charge on any atom is -0.493 e. The predicted octanol–water partition coefficient (Wildman–Crippen LogP) is 4.84. The van der Waals surface area contributed by atoms with Gasteiger partial charge in [0, 0.05) is 26.2 Å². The van der Waals surface area contributed by atoms with Gasteiger partial charge in [-0.2, -0.15) is 5.10 Å². The van der Waals surface area contributed by atoms with E-state index in [0.717, 1.165) is 23.5 Å². The summed E-state index contributed by atoms with van der Waals surface area (Å²) in [6.07, 6.45) is -0.568. The van der Waals surface area contributed by atoms with Crippen LogP contribution in [0.15, 0.2) is 54.6 Å². The van der Waals surface area contributed by atoms with Crippen LogP contribution >= 0.6 is 0 Å². The topological polar surface area (TPSA) is 69.0 Å². The van der Waals surface area contributed by atoms with Crippen LogP contribution < -0.4 is 9.47 Å². The molecule has 0 saturated heterocycles. The lowest BCUT2D eigenvalue weighted by Crippen LogP contribution is -2.37. The molecule has 0 radical (unpaired) electrons. The molecule has 0 bridgehead atoms. The lowest BCUT2D eigenvalue weighted by molar-refractivity contribution is 0.0173. The molecule has 3 rings (SSSR count). The maximum absolute atomic E-state index is 10.5. The van der Waals surface area contributed by atoms with Crippen molar-refractivity contribution in [2.24, 2.45) is 5.92 Å². The van der Waals surface area contributed by atoms with Gasteiger partial charge in [-0.15, -0.1) is 0 Å². The first-order chi connectivity index (χ1) is 16.4. The summed E-state index contributed by atoms with van der Waals surface area (Å²) in [5.74, 6) is 2.34. The molecule has 0 aliphatic carbocycles. The van der Waals surface area contributed by atoms with Gasteiger partial charge in [0.15, 0.2) is 11.5 Å². The number of aliphatic hydroxyl groups excluding tert-OH is 1. The molecule has 3 aromatic rings. The van der Waals surface area contributed by atoms with Gasteiger partial charge < -0.3 is 19.3 Å². The molecule has 0 amide bonds. The summed E-state index contributed by atoms with van der Waals surface area (Å²) >= 11 is 0. The van der Waals surface area contributed by atoms with Crippen molar-refractivity contribution in [1.29, 1.82) is 0 Å². The van der Waals surface area contributed by atoms with Crippen molar-refractivity contribution in [2.45, 2.75) is 40.3 Å². The van der Waals surface area contributed by atoms with Crippen molar-refractivity contribution in [3.8, 4) is 23.1 Å². The Kier molecular flexibility index (Phi) is 9.51. The molecule has 0 spiro atoms. The predicted molar refractivity (Wildman–Crippen MR) is 134 cm³/mol. The molecule has 0 saturated carbocycles. The largest absolute Gasteiger partial charge is 0.493 e. The molecule has 0 aliphatic rings. The highest BCUT2D eigenvalue weighted by atomic mass is 16.5. The molecule has 1 atom stereocenters. The number of ether oxygens (including phenoxy) is 3. The zero-order valence-corrected chi connectivity index (χ0v) is 20.9. The van der Waals surface area contributed by atoms with Gasteiger partial charge in [0.25, 0.3) is 0 Å². The van der Waals surface area contributed by atoms with E-state index in [9.17, 15) is 5.11 Å². The van der Waals surface area contributed by atoms with E-state index < -0.39 is 6.10 Å². The van der Waals surface area contributed by atoms with Crippen molar-refractivity contribution in [1.82, 2.24) is 14.7 Å². The summed E-state index contributed by atoms with van der Waals surface area (Å²) < 4.78 is 19.3. The van der Waals surface area contributed by atoms with Crippen molar-refractivity contribution in [3.63, 3.8) is 0 Å². The minimum absolute atomic E-state index is 0.317. The lowest BCUT2D eigenvalue weighted by Gasteiger charge is -2.27. The van der Waals surface area contributed by atoms with Crippen LogP contribution in [0.5, 0.6) is 17.4 Å². The molecular weight excluding hydrogens is 430 g/mol. The van der Waals surface area contributed by atoms with Crippen LogP contribution in [0.3, 0.4) is 0 Å². The Morgan fingerprint density at radius 1 is 1.00 bits per heavy atom. The van der Waals surface area contributed by atoms with Crippen LogP contribution in [-0.4, -0.2) is 59.3 Å². The molecular formula is C27H37N3O4. The smallest absolute Gasteiger partial charge is 0.227 e. The van der Waals surface area contributed by atoms with Crippen molar-refractivity contribution < 1.29 is 19.3 Å². The summed E-state index contributed by atoms with van der Waals surface area (Å²) in [6.45, 7) is 11.1. The third kappa shape index (κ3) is 6.82. The molecule has 7 heteroatoms. The fraction of sp³-hybridized carbons (Fsp3) is 0.444. The number of para-hydroxylation sites is 3. The van der Waals surface area contributed by atoms with Crippen molar-refractivity contribution in [3.05, 3.63) is 65.9 Å². The maximum atomic E-state index is 10.5. The summed E-state index contributed by atoms with van der Waals surface area (Å²) in [7, 11) is 1.63. The van der Waals surface area contributed by atoms with Crippen LogP contribution in [0.25, 0.3) is 5.69 Å². The molecule has 1 aromatic heterocycles. The van der Waals surface area contributed by atoms with E-state index in [1.54, 1.807) is 7.11 Å². The highest BCUT2D eigenvalue weighted by molar-refractivity contribution is 5.47. The number of aliphatic hydroxyl groups is 1. The van der Waals surface area contributed by atoms with Crippen LogP contribution in [-0.2, 0) is 11.3 Å². The molecule has 2 aromatic carbocycles. The Morgan fingerprint density at radius 2 is 1.68 bits per heavy atom. The second-order valence-corrected chi connectivity index (χ2v) is 8.77. The third-order valence-electron chi connectivity index (χ3n) is 5.40. The van der Waals surface area contributed by atoms with E-state index >= 15 is 0 Å². The third-order valence-corrected chi connectivity index (χ3v) is 5.40. The van der Waals surface area contributed by atoms with E-state index in [1.165, 1.54) is 0 Å². The van der Waals surface area contributed by atoms with Crippen LogP contribution in [0.4, 0.5) is 0 Å². The minimum atomic E-state index is -0.568. The van der Waals surface area contributed by atoms with Gasteiger partial charge in [-0.1, -0.05) is 44.2 Å². The fourth-order valence-electron chi connectivity index (χ4n) is 3.92. The SMILES string of the molecule is CCOC[C@H](O)CN(Cc1c(C)nn(-c2ccccc2)c1Oc1ccccc1OC)CC(C)C. The van der Waals surface area contributed by atoms with Crippen molar-refractivity contribution in [2.75, 3.05) is 33.4 Å². The second kappa shape index (κ2) is 12.6. The van der Waals surface area contributed by atoms with Gasteiger partial charge in [0.1, 0.15) is 0 Å². The van der Waals surface area contributed by atoms with Gasteiger partial charge in [-0.3, -0.25) is 4.90 Å². The first-order valence-electron chi connectivity index (χ1n) is 11.9. The highest BCUT2D eigenvalue weighted by Crippen LogP contribution is 2.36. The Bertz CT molecular complexity index is 1020. The number of nitrogens with zero attached hydrogens (tertiary/aromatic N) is 3. The van der Waals surface area contributed by atoms with Gasteiger partial charge >= 0.3 is 0 Å². The Labute approximate surface area is 202 Å². The summed E-state index contributed by atoms with van der Waals surface area (Å²) in [5, 5.41) is 15.4. The first-order valence-corrected chi connectivity index (χ1v) is 11.9. The molecule has 7 nitrogen and oxygen atoms in total. The molecule has 34 heavy (non-hydrogen) atoms. The van der Waals surface area contributed by atoms with Gasteiger partial charge in [-0.25, -0.2) is 4.68 Å². The normalized spacial score (nSPS) is 12.4. The van der Waals surface area contributed by atoms with E-state index in [-0.39, 0.29) is 0 Å². The summed E-state index contributed by atoms with van der Waals surface area (Å²) in [5.41, 5.74) is 2.76. The van der Waals surface area contributed by atoms with Gasteiger partial charge in [-0.05, 0) is 44.0 Å². The van der Waals surface area contributed by atoms with E-state index in [4.69, 9.17) is 19.3 Å². The Hall–Kier alpha value is -2.87. The summed E-state index contributed by atoms with van der Waals surface area (Å²) in [6, 6.07) is 17.5. The molecule has 1 N–H and O–H groups in total. The number of methoxy groups -OCH3 is 1. The van der Waals surface area contributed by atoms with E-state index in [2.05, 4.69) is 18.7 Å². The Balaban J connectivity index is 2.00. The fourth-order valence-corrected chi connectivity index (χ4v) is 3.92. The maximum Gasteiger partial charge on any atom is 0.227 e. The average Bonchev–Trinajstić information content (AvgIpc) is 3.13. The quantitative estimate of drug-likeness (QED) is 0.388. The zero-order valence-electron chi connectivity index (χ0n) is 20.9. The molecule has 1 heterocycles. The standard InChI is InChI=1S/C27H37N3O4/c1-6-33-19-23(31)17-29(16-20(2)3)18-24-21(4)28-30(22-12-8-7-9-13-22)27(24)34-26-15-11-10-14-25(26)32-5/h7-15,20,23,31H,6,16-19H2,1-5H3/t23-/m1/s1. The first kappa shape index (κ1) is 25.7. The van der Waals surface area contributed by atoms with E-state index in [1.807, 2.05) is 73.1 Å². The lowest BCUT2D eigenvalue weighted by atomic mass is 10.1. The molecule has 0 fully saturated rings. The second-order valence-electron chi connectivity index (χ2n) is 8.77. The number of aromatic nitrogens is 2. The molecule has 0 aliphatic heterocycles. The number of benzene rings is 2. The van der Waals surface area contributed by atoms with Crippen molar-refractivity contribution >= 4 is 0 Å². The number of hydrogen-bond acceptors (Lipinski definition) is 6. The molecule has 0 unspecified atom stereocenters. The molecule has 184 valence electrons. The zero-order chi connectivity index (χ0) is 24.5. The van der Waals surface area contributed by atoms with E-state index in [0.29, 0.717) is 49.6 Å². The van der Waals surface area contributed by atoms with Gasteiger partial charge in [0.05, 0.1) is 36.8 Å². The summed E-state index contributed by atoms with van der Waals surface area (Å²) in [4.78, 5) is 2.24. The number of hydrogen-bond donors (Lipinski definition) is 1. The Morgan fingerprint density at radius 3 is 2.32 bits per heavy atom. The average molecular weight is 468 g/mol. The van der Waals surface area contributed by atoms with Crippen LogP contribution in [0.2, 0.25) is 0 Å². The monoisotopic (exact) mass is 467 g/mol. The van der Waals surface area contributed by atoms with Gasteiger partial charge in [0.2, 0.25) is 5.88 Å². The highest BCUT2D eigenvalue weighted by Gasteiger charge is 2.24. The van der Waals surface area contributed by atoms with Crippen LogP contribution in [0, 0.1) is 12.8 Å². The number of aryl methyl sites for hydroxylation is 1. The number of rotatable bonds is 13.